The molecule has 0 saturated heterocycles. The lowest BCUT2D eigenvalue weighted by molar-refractivity contribution is 0.0952. The van der Waals surface area contributed by atoms with Crippen molar-refractivity contribution in [2.24, 2.45) is 5.10 Å². The molecular weight excluding hydrogens is 384 g/mol. The lowest BCUT2D eigenvalue weighted by Gasteiger charge is -2.09. The lowest BCUT2D eigenvalue weighted by atomic mass is 10.1. The number of carbonyl (C=O) groups excluding carboxylic acids is 1. The molecule has 0 aromatic heterocycles. The Labute approximate surface area is 153 Å². The van der Waals surface area contributed by atoms with Crippen LogP contribution in [0.15, 0.2) is 64.2 Å². The number of fused-ring (bicyclic) bond motifs is 1. The Hall–Kier alpha value is -2.86. The summed E-state index contributed by atoms with van der Waals surface area (Å²) in [5.41, 5.74) is 3.33. The highest BCUT2D eigenvalue weighted by atomic mass is 79.9. The average Bonchev–Trinajstić information content (AvgIpc) is 2.63. The lowest BCUT2D eigenvalue weighted by Crippen LogP contribution is -2.18. The predicted octanol–water partition coefficient (Wildman–Crippen LogP) is 4.08. The van der Waals surface area contributed by atoms with Gasteiger partial charge < -0.3 is 9.84 Å². The Bertz CT molecular complexity index is 970. The normalized spacial score (nSPS) is 11.0. The minimum absolute atomic E-state index is 0.0736. The number of halogens is 1. The summed E-state index contributed by atoms with van der Waals surface area (Å²) in [7, 11) is 1.52. The maximum Gasteiger partial charge on any atom is 0.275 e. The monoisotopic (exact) mass is 398 g/mol. The Morgan fingerprint density at radius 3 is 2.60 bits per heavy atom. The van der Waals surface area contributed by atoms with E-state index in [0.717, 1.165) is 15.2 Å². The van der Waals surface area contributed by atoms with Crippen molar-refractivity contribution < 1.29 is 14.6 Å². The fourth-order valence-corrected chi connectivity index (χ4v) is 2.79. The van der Waals surface area contributed by atoms with Crippen molar-refractivity contribution in [3.63, 3.8) is 0 Å². The smallest absolute Gasteiger partial charge is 0.275 e. The van der Waals surface area contributed by atoms with Gasteiger partial charge in [-0.25, -0.2) is 5.43 Å². The highest BCUT2D eigenvalue weighted by molar-refractivity contribution is 9.10. The van der Waals surface area contributed by atoms with Crippen LogP contribution in [0.2, 0.25) is 0 Å². The topological polar surface area (TPSA) is 70.9 Å². The van der Waals surface area contributed by atoms with Gasteiger partial charge in [-0.2, -0.15) is 5.10 Å². The number of phenolic OH excluding ortho intramolecular Hbond substituents is 1. The first-order valence-electron chi connectivity index (χ1n) is 7.47. The number of amides is 1. The van der Waals surface area contributed by atoms with Gasteiger partial charge in [-0.1, -0.05) is 40.2 Å². The van der Waals surface area contributed by atoms with Crippen molar-refractivity contribution in [1.29, 1.82) is 0 Å². The summed E-state index contributed by atoms with van der Waals surface area (Å²) in [4.78, 5) is 12.4. The molecule has 0 atom stereocenters. The molecule has 3 rings (SSSR count). The molecule has 0 saturated carbocycles. The summed E-state index contributed by atoms with van der Waals surface area (Å²) in [6.45, 7) is 0. The number of ether oxygens (including phenoxy) is 1. The summed E-state index contributed by atoms with van der Waals surface area (Å²) in [6, 6.07) is 16.2. The number of nitrogens with one attached hydrogen (secondary N) is 1. The fraction of sp³-hybridized carbons (Fsp3) is 0.0526. The Kier molecular flexibility index (Phi) is 5.00. The van der Waals surface area contributed by atoms with Gasteiger partial charge in [0.25, 0.3) is 5.91 Å². The zero-order valence-corrected chi connectivity index (χ0v) is 14.9. The van der Waals surface area contributed by atoms with Gasteiger partial charge >= 0.3 is 0 Å². The quantitative estimate of drug-likeness (QED) is 0.513. The third-order valence-corrected chi connectivity index (χ3v) is 4.17. The summed E-state index contributed by atoms with van der Waals surface area (Å²) in [6.07, 6.45) is 1.38. The Morgan fingerprint density at radius 2 is 1.88 bits per heavy atom. The summed E-state index contributed by atoms with van der Waals surface area (Å²) in [5, 5.41) is 15.6. The van der Waals surface area contributed by atoms with E-state index in [9.17, 15) is 9.90 Å². The number of hydrogen-bond donors (Lipinski definition) is 2. The van der Waals surface area contributed by atoms with E-state index < -0.39 is 5.91 Å². The highest BCUT2D eigenvalue weighted by Crippen LogP contribution is 2.26. The second-order valence-corrected chi connectivity index (χ2v) is 6.22. The largest absolute Gasteiger partial charge is 0.507 e. The van der Waals surface area contributed by atoms with Crippen molar-refractivity contribution in [3.8, 4) is 11.5 Å². The van der Waals surface area contributed by atoms with Crippen LogP contribution in [0.25, 0.3) is 10.8 Å². The third-order valence-electron chi connectivity index (χ3n) is 3.67. The first-order chi connectivity index (χ1) is 12.1. The second-order valence-electron chi connectivity index (χ2n) is 5.30. The Morgan fingerprint density at radius 1 is 1.16 bits per heavy atom. The number of hydrazone groups is 1. The van der Waals surface area contributed by atoms with Gasteiger partial charge in [0.2, 0.25) is 0 Å². The molecule has 25 heavy (non-hydrogen) atoms. The van der Waals surface area contributed by atoms with Crippen LogP contribution in [0.1, 0.15) is 15.9 Å². The summed E-state index contributed by atoms with van der Waals surface area (Å²) >= 11 is 3.32. The van der Waals surface area contributed by atoms with E-state index in [-0.39, 0.29) is 5.75 Å². The van der Waals surface area contributed by atoms with Crippen LogP contribution in [-0.2, 0) is 0 Å². The van der Waals surface area contributed by atoms with Gasteiger partial charge in [0.15, 0.2) is 0 Å². The number of benzene rings is 3. The van der Waals surface area contributed by atoms with Crippen LogP contribution in [0.4, 0.5) is 0 Å². The van der Waals surface area contributed by atoms with Crippen LogP contribution < -0.4 is 10.2 Å². The minimum atomic E-state index is -0.395. The van der Waals surface area contributed by atoms with E-state index in [1.54, 1.807) is 24.3 Å². The Balaban J connectivity index is 1.84. The molecule has 0 aliphatic carbocycles. The van der Waals surface area contributed by atoms with Gasteiger partial charge in [0.05, 0.1) is 18.9 Å². The van der Waals surface area contributed by atoms with Crippen molar-refractivity contribution in [1.82, 2.24) is 5.43 Å². The van der Waals surface area contributed by atoms with E-state index in [0.29, 0.717) is 16.9 Å². The molecule has 0 spiro atoms. The molecule has 0 fully saturated rings. The van der Waals surface area contributed by atoms with E-state index >= 15 is 0 Å². The number of phenols is 1. The van der Waals surface area contributed by atoms with Gasteiger partial charge in [-0.05, 0) is 41.1 Å². The number of carbonyl (C=O) groups is 1. The maximum atomic E-state index is 12.4. The van der Waals surface area contributed by atoms with Crippen LogP contribution in [0, 0.1) is 0 Å². The van der Waals surface area contributed by atoms with Gasteiger partial charge in [-0.15, -0.1) is 0 Å². The molecule has 2 N–H and O–H groups in total. The molecule has 0 unspecified atom stereocenters. The molecule has 0 radical (unpaired) electrons. The summed E-state index contributed by atoms with van der Waals surface area (Å²) in [5.74, 6) is 0.148. The van der Waals surface area contributed by atoms with Crippen LogP contribution in [0.5, 0.6) is 11.5 Å². The summed E-state index contributed by atoms with van der Waals surface area (Å²) < 4.78 is 6.12. The molecular formula is C19H15BrN2O3. The van der Waals surface area contributed by atoms with Crippen molar-refractivity contribution in [3.05, 3.63) is 70.2 Å². The number of aromatic hydroxyl groups is 1. The molecule has 0 bridgehead atoms. The van der Waals surface area contributed by atoms with Crippen LogP contribution in [-0.4, -0.2) is 24.3 Å². The third kappa shape index (κ3) is 3.80. The fourth-order valence-electron chi connectivity index (χ4n) is 2.42. The average molecular weight is 399 g/mol. The molecule has 126 valence electrons. The zero-order valence-electron chi connectivity index (χ0n) is 13.4. The van der Waals surface area contributed by atoms with E-state index in [2.05, 4.69) is 26.5 Å². The van der Waals surface area contributed by atoms with Crippen molar-refractivity contribution in [2.75, 3.05) is 7.11 Å². The molecule has 1 amide bonds. The number of nitrogens with zero attached hydrogens (tertiary/aromatic N) is 1. The highest BCUT2D eigenvalue weighted by Gasteiger charge is 2.13. The predicted molar refractivity (Wildman–Crippen MR) is 101 cm³/mol. The van der Waals surface area contributed by atoms with Crippen LogP contribution in [0.3, 0.4) is 0 Å². The molecule has 3 aromatic rings. The van der Waals surface area contributed by atoms with E-state index in [1.165, 1.54) is 13.3 Å². The van der Waals surface area contributed by atoms with Gasteiger partial charge in [0, 0.05) is 10.0 Å². The molecule has 6 heteroatoms. The van der Waals surface area contributed by atoms with Crippen molar-refractivity contribution in [2.45, 2.75) is 0 Å². The maximum absolute atomic E-state index is 12.4. The first-order valence-corrected chi connectivity index (χ1v) is 8.26. The van der Waals surface area contributed by atoms with E-state index in [1.807, 2.05) is 30.3 Å². The molecule has 0 aliphatic heterocycles. The standard InChI is InChI=1S/C19H15BrN2O3/c1-25-18-10-13-5-3-2-4-12(13)9-16(18)19(24)22-21-11-14-8-15(20)6-7-17(14)23/h2-11,23H,1H3,(H,22,24)/b21-11-. The molecule has 0 aliphatic rings. The number of hydrogen-bond acceptors (Lipinski definition) is 4. The SMILES string of the molecule is COc1cc2ccccc2cc1C(=O)N/N=C\c1cc(Br)ccc1O. The van der Waals surface area contributed by atoms with Gasteiger partial charge in [0.1, 0.15) is 11.5 Å². The van der Waals surface area contributed by atoms with Crippen molar-refractivity contribution >= 4 is 38.8 Å². The number of rotatable bonds is 4. The zero-order chi connectivity index (χ0) is 17.8. The van der Waals surface area contributed by atoms with Crippen LogP contribution >= 0.6 is 15.9 Å². The minimum Gasteiger partial charge on any atom is -0.507 e. The van der Waals surface area contributed by atoms with E-state index in [4.69, 9.17) is 4.74 Å². The number of methoxy groups -OCH3 is 1. The van der Waals surface area contributed by atoms with Gasteiger partial charge in [-0.3, -0.25) is 4.79 Å². The molecule has 3 aromatic carbocycles. The first kappa shape index (κ1) is 17.0. The second kappa shape index (κ2) is 7.36. The molecule has 5 nitrogen and oxygen atoms in total. The molecule has 0 heterocycles.